The number of nitriles is 1. The molecule has 0 bridgehead atoms. The second kappa shape index (κ2) is 9.96. The largest absolute Gasteiger partial charge is 0.457 e. The van der Waals surface area contributed by atoms with E-state index in [9.17, 15) is 10.1 Å². The van der Waals surface area contributed by atoms with Gasteiger partial charge in [-0.3, -0.25) is 4.79 Å². The molecule has 3 aromatic rings. The van der Waals surface area contributed by atoms with Gasteiger partial charge in [0.2, 0.25) is 6.10 Å². The molecule has 4 nitrogen and oxygen atoms in total. The molecule has 0 aliphatic rings. The van der Waals surface area contributed by atoms with Gasteiger partial charge in [-0.25, -0.2) is 0 Å². The van der Waals surface area contributed by atoms with Gasteiger partial charge in [0.1, 0.15) is 17.6 Å². The lowest BCUT2D eigenvalue weighted by atomic mass is 9.88. The summed E-state index contributed by atoms with van der Waals surface area (Å²) in [6.45, 7) is 3.88. The molecular formula is C25H22ClNO3. The highest BCUT2D eigenvalue weighted by atomic mass is 35.5. The Bertz CT molecular complexity index is 1030. The molecule has 0 aliphatic heterocycles. The van der Waals surface area contributed by atoms with Crippen LogP contribution in [0.3, 0.4) is 0 Å². The van der Waals surface area contributed by atoms with Gasteiger partial charge < -0.3 is 9.47 Å². The summed E-state index contributed by atoms with van der Waals surface area (Å²) in [5.41, 5.74) is 1.29. The molecule has 0 N–H and O–H groups in total. The molecular weight excluding hydrogens is 398 g/mol. The van der Waals surface area contributed by atoms with Gasteiger partial charge in [-0.05, 0) is 41.8 Å². The van der Waals surface area contributed by atoms with E-state index in [4.69, 9.17) is 21.1 Å². The Hall–Kier alpha value is -3.29. The van der Waals surface area contributed by atoms with Gasteiger partial charge >= 0.3 is 5.97 Å². The fraction of sp³-hybridized carbons (Fsp3) is 0.200. The zero-order valence-electron chi connectivity index (χ0n) is 16.8. The molecule has 152 valence electrons. The predicted octanol–water partition coefficient (Wildman–Crippen LogP) is 6.68. The number of hydrogen-bond donors (Lipinski definition) is 0. The van der Waals surface area contributed by atoms with Gasteiger partial charge in [-0.15, -0.1) is 0 Å². The third kappa shape index (κ3) is 5.20. The molecule has 0 saturated heterocycles. The maximum atomic E-state index is 13.0. The van der Waals surface area contributed by atoms with Crippen LogP contribution < -0.4 is 4.74 Å². The number of esters is 1. The lowest BCUT2D eigenvalue weighted by Gasteiger charge is -2.22. The highest BCUT2D eigenvalue weighted by Gasteiger charge is 2.29. The van der Waals surface area contributed by atoms with Crippen molar-refractivity contribution in [3.8, 4) is 17.6 Å². The Morgan fingerprint density at radius 1 is 0.933 bits per heavy atom. The van der Waals surface area contributed by atoms with Crippen LogP contribution in [0.2, 0.25) is 5.02 Å². The summed E-state index contributed by atoms with van der Waals surface area (Å²) in [4.78, 5) is 13.0. The van der Waals surface area contributed by atoms with E-state index >= 15 is 0 Å². The molecule has 2 atom stereocenters. The molecule has 0 spiro atoms. The zero-order valence-corrected chi connectivity index (χ0v) is 17.5. The van der Waals surface area contributed by atoms with Crippen molar-refractivity contribution in [2.45, 2.75) is 25.9 Å². The summed E-state index contributed by atoms with van der Waals surface area (Å²) in [6.07, 6.45) is -1.09. The molecule has 0 aliphatic carbocycles. The number of hydrogen-bond acceptors (Lipinski definition) is 4. The number of rotatable bonds is 7. The van der Waals surface area contributed by atoms with Crippen molar-refractivity contribution in [1.29, 1.82) is 5.26 Å². The van der Waals surface area contributed by atoms with E-state index in [1.165, 1.54) is 0 Å². The minimum Gasteiger partial charge on any atom is -0.457 e. The average molecular weight is 420 g/mol. The second-order valence-electron chi connectivity index (χ2n) is 7.17. The fourth-order valence-electron chi connectivity index (χ4n) is 3.22. The first kappa shape index (κ1) is 21.4. The van der Waals surface area contributed by atoms with Crippen molar-refractivity contribution in [2.24, 2.45) is 5.92 Å². The molecule has 3 rings (SSSR count). The van der Waals surface area contributed by atoms with Crippen LogP contribution in [-0.2, 0) is 9.53 Å². The van der Waals surface area contributed by atoms with Gasteiger partial charge in [0, 0.05) is 10.6 Å². The number of benzene rings is 3. The minimum atomic E-state index is -1.09. The van der Waals surface area contributed by atoms with Crippen LogP contribution in [0.5, 0.6) is 11.5 Å². The van der Waals surface area contributed by atoms with Crippen molar-refractivity contribution in [3.05, 3.63) is 95.0 Å². The smallest absolute Gasteiger partial charge is 0.315 e. The highest BCUT2D eigenvalue weighted by molar-refractivity contribution is 6.30. The fourth-order valence-corrected chi connectivity index (χ4v) is 3.34. The van der Waals surface area contributed by atoms with Gasteiger partial charge in [0.25, 0.3) is 0 Å². The SMILES string of the molecule is CC(C)C(C(=O)OC(C#N)c1ccccc1Oc1ccccc1)c1ccc(Cl)cc1. The van der Waals surface area contributed by atoms with Gasteiger partial charge in [0.15, 0.2) is 0 Å². The maximum absolute atomic E-state index is 13.0. The van der Waals surface area contributed by atoms with Crippen molar-refractivity contribution in [3.63, 3.8) is 0 Å². The lowest BCUT2D eigenvalue weighted by Crippen LogP contribution is -2.22. The van der Waals surface area contributed by atoms with Crippen molar-refractivity contribution in [2.75, 3.05) is 0 Å². The second-order valence-corrected chi connectivity index (χ2v) is 7.61. The molecule has 0 fully saturated rings. The molecule has 5 heteroatoms. The Morgan fingerprint density at radius 3 is 2.20 bits per heavy atom. The van der Waals surface area contributed by atoms with E-state index in [1.807, 2.05) is 62.4 Å². The summed E-state index contributed by atoms with van der Waals surface area (Å²) in [6, 6.07) is 25.5. The van der Waals surface area contributed by atoms with Gasteiger partial charge in [0.05, 0.1) is 5.92 Å². The zero-order chi connectivity index (χ0) is 21.5. The van der Waals surface area contributed by atoms with Crippen molar-refractivity contribution >= 4 is 17.6 Å². The molecule has 2 unspecified atom stereocenters. The molecule has 3 aromatic carbocycles. The van der Waals surface area contributed by atoms with Crippen LogP contribution in [0.15, 0.2) is 78.9 Å². The molecule has 0 radical (unpaired) electrons. The number of nitrogens with zero attached hydrogens (tertiary/aromatic N) is 1. The van der Waals surface area contributed by atoms with Crippen LogP contribution in [0, 0.1) is 17.2 Å². The summed E-state index contributed by atoms with van der Waals surface area (Å²) >= 11 is 5.97. The van der Waals surface area contributed by atoms with E-state index in [0.717, 1.165) is 5.56 Å². The monoisotopic (exact) mass is 419 g/mol. The molecule has 0 aromatic heterocycles. The van der Waals surface area contributed by atoms with E-state index in [1.54, 1.807) is 30.3 Å². The quantitative estimate of drug-likeness (QED) is 0.401. The number of para-hydroxylation sites is 2. The molecule has 30 heavy (non-hydrogen) atoms. The van der Waals surface area contributed by atoms with Crippen LogP contribution >= 0.6 is 11.6 Å². The Balaban J connectivity index is 1.85. The predicted molar refractivity (Wildman–Crippen MR) is 116 cm³/mol. The average Bonchev–Trinajstić information content (AvgIpc) is 2.74. The molecule has 0 saturated carbocycles. The number of halogens is 1. The highest BCUT2D eigenvalue weighted by Crippen LogP contribution is 2.34. The van der Waals surface area contributed by atoms with E-state index in [-0.39, 0.29) is 5.92 Å². The van der Waals surface area contributed by atoms with Crippen LogP contribution in [0.25, 0.3) is 0 Å². The number of carbonyl (C=O) groups excluding carboxylic acids is 1. The topological polar surface area (TPSA) is 59.3 Å². The third-order valence-electron chi connectivity index (χ3n) is 4.67. The third-order valence-corrected chi connectivity index (χ3v) is 4.93. The van der Waals surface area contributed by atoms with Crippen molar-refractivity contribution in [1.82, 2.24) is 0 Å². The molecule has 0 amide bonds. The lowest BCUT2D eigenvalue weighted by molar-refractivity contribution is -0.150. The first-order valence-electron chi connectivity index (χ1n) is 9.67. The Morgan fingerprint density at radius 2 is 1.57 bits per heavy atom. The molecule has 0 heterocycles. The summed E-state index contributed by atoms with van der Waals surface area (Å²) in [7, 11) is 0. The number of ether oxygens (including phenoxy) is 2. The first-order chi connectivity index (χ1) is 14.5. The summed E-state index contributed by atoms with van der Waals surface area (Å²) in [5.74, 6) is 0.104. The van der Waals surface area contributed by atoms with Crippen LogP contribution in [-0.4, -0.2) is 5.97 Å². The maximum Gasteiger partial charge on any atom is 0.315 e. The first-order valence-corrected chi connectivity index (χ1v) is 10.0. The van der Waals surface area contributed by atoms with Crippen LogP contribution in [0.4, 0.5) is 0 Å². The van der Waals surface area contributed by atoms with Crippen molar-refractivity contribution < 1.29 is 14.3 Å². The summed E-state index contributed by atoms with van der Waals surface area (Å²) in [5, 5.41) is 10.3. The van der Waals surface area contributed by atoms with Gasteiger partial charge in [-0.2, -0.15) is 5.26 Å². The minimum absolute atomic E-state index is 0.0196. The summed E-state index contributed by atoms with van der Waals surface area (Å²) < 4.78 is 11.6. The van der Waals surface area contributed by atoms with E-state index < -0.39 is 18.0 Å². The van der Waals surface area contributed by atoms with Gasteiger partial charge in [-0.1, -0.05) is 74.0 Å². The van der Waals surface area contributed by atoms with Crippen LogP contribution in [0.1, 0.15) is 37.0 Å². The number of carbonyl (C=O) groups is 1. The van der Waals surface area contributed by atoms with E-state index in [0.29, 0.717) is 22.1 Å². The Labute approximate surface area is 181 Å². The normalized spacial score (nSPS) is 12.6. The van der Waals surface area contributed by atoms with E-state index in [2.05, 4.69) is 6.07 Å². The Kier molecular flexibility index (Phi) is 7.11. The standard InChI is InChI=1S/C25H22ClNO3/c1-17(2)24(18-12-14-19(26)15-13-18)25(28)30-23(16-27)21-10-6-7-11-22(21)29-20-8-4-3-5-9-20/h3-15,17,23-24H,1-2H3.